The summed E-state index contributed by atoms with van der Waals surface area (Å²) in [5.74, 6) is -3.54. The summed E-state index contributed by atoms with van der Waals surface area (Å²) in [6.45, 7) is 2.23. The number of nitrogens with one attached hydrogen (secondary N) is 2. The molecule has 2 rings (SSSR count). The van der Waals surface area contributed by atoms with Crippen LogP contribution >= 0.6 is 0 Å². The second-order valence-corrected chi connectivity index (χ2v) is 8.12. The van der Waals surface area contributed by atoms with Crippen LogP contribution in [0.25, 0.3) is 12.2 Å². The van der Waals surface area contributed by atoms with Crippen molar-refractivity contribution in [2.24, 2.45) is 0 Å². The third-order valence-corrected chi connectivity index (χ3v) is 4.94. The number of unbranched alkanes of at least 4 members (excludes halogenated alkanes) is 9. The first kappa shape index (κ1) is 36.9. The number of aliphatic hydroxyl groups is 1. The summed E-state index contributed by atoms with van der Waals surface area (Å²) in [6.07, 6.45) is 22.2. The van der Waals surface area contributed by atoms with Crippen molar-refractivity contribution in [3.63, 3.8) is 0 Å². The monoisotopic (exact) mass is 598 g/mol. The largest absolute Gasteiger partial charge is 2.00 e. The number of aliphatic hydroxyl groups excluding tert-OH is 1. The number of rotatable bonds is 16. The second-order valence-electron chi connectivity index (χ2n) is 8.12. The summed E-state index contributed by atoms with van der Waals surface area (Å²) < 4.78 is 0. The molecule has 0 saturated heterocycles. The van der Waals surface area contributed by atoms with Gasteiger partial charge in [-0.1, -0.05) is 71.1 Å². The summed E-state index contributed by atoms with van der Waals surface area (Å²) in [7, 11) is 0. The number of aliphatic carboxylic acids is 3. The fourth-order valence-corrected chi connectivity index (χ4v) is 2.98. The summed E-state index contributed by atoms with van der Waals surface area (Å²) in [5.41, 5.74) is 1.15. The van der Waals surface area contributed by atoms with Crippen molar-refractivity contribution in [1.82, 2.24) is 19.9 Å². The molecule has 0 bridgehead atoms. The van der Waals surface area contributed by atoms with Crippen molar-refractivity contribution in [2.75, 3.05) is 0 Å². The zero-order valence-corrected chi connectivity index (χ0v) is 23.4. The van der Waals surface area contributed by atoms with Crippen LogP contribution in [-0.2, 0) is 14.4 Å². The summed E-state index contributed by atoms with van der Waals surface area (Å²) in [6, 6.07) is 0. The number of carbonyl (C=O) groups excluding carboxylic acids is 2. The molecule has 0 aromatic carbocycles. The van der Waals surface area contributed by atoms with E-state index in [0.29, 0.717) is 17.8 Å². The molecule has 4 radical (unpaired) electrons. The van der Waals surface area contributed by atoms with Gasteiger partial charge in [0.15, 0.2) is 6.10 Å². The molecule has 2 aromatic heterocycles. The van der Waals surface area contributed by atoms with Gasteiger partial charge >= 0.3 is 23.0 Å². The van der Waals surface area contributed by atoms with E-state index in [4.69, 9.17) is 10.2 Å². The average Bonchev–Trinajstić information content (AvgIpc) is 3.58. The molecule has 1 atom stereocenters. The first-order chi connectivity index (χ1) is 17.8. The van der Waals surface area contributed by atoms with Crippen molar-refractivity contribution >= 4 is 47.1 Å². The maximum Gasteiger partial charge on any atom is 2.00 e. The van der Waals surface area contributed by atoms with Crippen LogP contribution in [0.4, 0.5) is 0 Å². The van der Waals surface area contributed by atoms with E-state index in [1.54, 1.807) is 12.4 Å². The van der Waals surface area contributed by atoms with E-state index in [1.807, 2.05) is 0 Å². The Balaban J connectivity index is 0. The van der Waals surface area contributed by atoms with Gasteiger partial charge in [-0.05, 0) is 30.7 Å². The molecule has 0 aliphatic rings. The van der Waals surface area contributed by atoms with E-state index >= 15 is 0 Å². The van der Waals surface area contributed by atoms with Crippen molar-refractivity contribution in [2.45, 2.75) is 83.7 Å². The van der Waals surface area contributed by atoms with Gasteiger partial charge in [-0.15, -0.1) is 0 Å². The standard InChI is InChI=1S/C14H28O3.2C6H6N2O2.Se/c1-2-3-4-5-6-7-8-9-10-11-12-13(15)14(16)17;2*9-6(10)2-1-5-3-7-4-8-5;/h13,15H,2-12H2,1H3,(H,16,17);2*1-4H,(H,7,8)(H,9,10);/q;;;+2/p-2. The van der Waals surface area contributed by atoms with E-state index in [9.17, 15) is 24.6 Å². The second kappa shape index (κ2) is 25.4. The summed E-state index contributed by atoms with van der Waals surface area (Å²) >= 11 is 0. The molecule has 2 heterocycles. The van der Waals surface area contributed by atoms with Gasteiger partial charge in [0.05, 0.1) is 36.0 Å². The number of imidazole rings is 2. The van der Waals surface area contributed by atoms with E-state index in [-0.39, 0.29) is 17.1 Å². The molecule has 0 amide bonds. The van der Waals surface area contributed by atoms with Crippen LogP contribution in [-0.4, -0.2) is 71.2 Å². The van der Waals surface area contributed by atoms with Gasteiger partial charge in [-0.25, -0.2) is 14.8 Å². The molecule has 0 saturated carbocycles. The zero-order chi connectivity index (χ0) is 27.7. The zero-order valence-electron chi connectivity index (χ0n) is 21.7. The minimum Gasteiger partial charge on any atom is -0.545 e. The van der Waals surface area contributed by atoms with E-state index in [2.05, 4.69) is 26.9 Å². The number of carbonyl (C=O) groups is 3. The van der Waals surface area contributed by atoms with E-state index < -0.39 is 24.0 Å². The molecule has 12 heteroatoms. The predicted molar refractivity (Wildman–Crippen MR) is 141 cm³/mol. The van der Waals surface area contributed by atoms with Crippen LogP contribution in [0.2, 0.25) is 0 Å². The van der Waals surface area contributed by atoms with Crippen molar-refractivity contribution in [3.8, 4) is 0 Å². The smallest absolute Gasteiger partial charge is 0.545 e. The Labute approximate surface area is 234 Å². The van der Waals surface area contributed by atoms with Crippen LogP contribution in [0.15, 0.2) is 37.2 Å². The molecular weight excluding hydrogens is 559 g/mol. The Morgan fingerprint density at radius 2 is 1.21 bits per heavy atom. The number of aromatic amines is 2. The molecule has 38 heavy (non-hydrogen) atoms. The van der Waals surface area contributed by atoms with Gasteiger partial charge in [0, 0.05) is 12.4 Å². The first-order valence-electron chi connectivity index (χ1n) is 12.4. The van der Waals surface area contributed by atoms with E-state index in [1.165, 1.54) is 76.2 Å². The fourth-order valence-electron chi connectivity index (χ4n) is 2.98. The van der Waals surface area contributed by atoms with Gasteiger partial charge in [0.25, 0.3) is 0 Å². The molecule has 0 aliphatic heterocycles. The van der Waals surface area contributed by atoms with Crippen LogP contribution in [0.5, 0.6) is 0 Å². The molecule has 2 aromatic rings. The minimum absolute atomic E-state index is 0. The third kappa shape index (κ3) is 24.5. The number of carboxylic acid groups (broad SMARTS) is 3. The van der Waals surface area contributed by atoms with Crippen LogP contribution in [0.3, 0.4) is 0 Å². The topological polar surface area (TPSA) is 195 Å². The predicted octanol–water partition coefficient (Wildman–Crippen LogP) is 1.71. The Morgan fingerprint density at radius 3 is 1.53 bits per heavy atom. The Bertz CT molecular complexity index is 847. The molecule has 0 aliphatic carbocycles. The molecule has 1 unspecified atom stereocenters. The normalized spacial score (nSPS) is 11.1. The van der Waals surface area contributed by atoms with Crippen molar-refractivity contribution in [1.29, 1.82) is 0 Å². The summed E-state index contributed by atoms with van der Waals surface area (Å²) in [4.78, 5) is 42.9. The van der Waals surface area contributed by atoms with Gasteiger partial charge < -0.3 is 40.0 Å². The number of H-pyrrole nitrogens is 2. The molecule has 0 fully saturated rings. The van der Waals surface area contributed by atoms with Crippen LogP contribution in [0, 0.1) is 0 Å². The van der Waals surface area contributed by atoms with Crippen LogP contribution in [0.1, 0.15) is 88.9 Å². The first-order valence-corrected chi connectivity index (χ1v) is 12.4. The van der Waals surface area contributed by atoms with Gasteiger partial charge in [0.2, 0.25) is 0 Å². The van der Waals surface area contributed by atoms with Gasteiger partial charge in [-0.2, -0.15) is 0 Å². The van der Waals surface area contributed by atoms with Crippen LogP contribution < -0.4 is 10.2 Å². The Kier molecular flexibility index (Phi) is 24.7. The summed E-state index contributed by atoms with van der Waals surface area (Å²) in [5, 5.41) is 37.2. The van der Waals surface area contributed by atoms with Crippen molar-refractivity contribution < 1.29 is 34.8 Å². The molecule has 4 N–H and O–H groups in total. The molecule has 0 spiro atoms. The average molecular weight is 598 g/mol. The quantitative estimate of drug-likeness (QED) is 0.127. The van der Waals surface area contributed by atoms with Crippen molar-refractivity contribution in [3.05, 3.63) is 48.6 Å². The number of aromatic nitrogens is 4. The van der Waals surface area contributed by atoms with E-state index in [0.717, 1.165) is 25.0 Å². The third-order valence-electron chi connectivity index (χ3n) is 4.94. The molecular formula is C26H38N4O7Se. The minimum atomic E-state index is -1.22. The number of nitrogens with zero attached hydrogens (tertiary/aromatic N) is 2. The SMILES string of the molecule is CCCCCCCCCCCCC(O)C(=O)O.O=C([O-])C=Cc1c[nH]cn1.O=C([O-])C=Cc1c[nH]cn1.[Se+2]. The Morgan fingerprint density at radius 1 is 0.816 bits per heavy atom. The number of hydrogen-bond acceptors (Lipinski definition) is 8. The maximum absolute atomic E-state index is 10.3. The number of carboxylic acids is 3. The molecule has 11 nitrogen and oxygen atoms in total. The Hall–Kier alpha value is -3.21. The molecule has 210 valence electrons. The van der Waals surface area contributed by atoms with Gasteiger partial charge in [-0.3, -0.25) is 0 Å². The van der Waals surface area contributed by atoms with Gasteiger partial charge in [0.1, 0.15) is 0 Å². The maximum atomic E-state index is 10.3. The number of hydrogen-bond donors (Lipinski definition) is 4. The fraction of sp³-hybridized carbons (Fsp3) is 0.500.